The monoisotopic (exact) mass is 276 g/mol. The predicted molar refractivity (Wildman–Crippen MR) is 79.9 cm³/mol. The summed E-state index contributed by atoms with van der Waals surface area (Å²) in [4.78, 5) is 1.23. The zero-order chi connectivity index (χ0) is 13.7. The fourth-order valence-corrected chi connectivity index (χ4v) is 2.86. The Bertz CT molecular complexity index is 524. The number of hydrazine groups is 1. The van der Waals surface area contributed by atoms with Gasteiger partial charge in [0.05, 0.1) is 11.7 Å². The molecule has 1 atom stereocenters. The second kappa shape index (κ2) is 6.75. The van der Waals surface area contributed by atoms with E-state index in [-0.39, 0.29) is 6.04 Å². The van der Waals surface area contributed by atoms with Crippen molar-refractivity contribution in [2.75, 3.05) is 6.26 Å². The molecule has 19 heavy (non-hydrogen) atoms. The van der Waals surface area contributed by atoms with Crippen molar-refractivity contribution in [3.63, 3.8) is 0 Å². The number of thioether (sulfide) groups is 1. The Labute approximate surface area is 118 Å². The van der Waals surface area contributed by atoms with Gasteiger partial charge in [0.25, 0.3) is 0 Å². The molecule has 3 N–H and O–H groups in total. The van der Waals surface area contributed by atoms with Crippen molar-refractivity contribution in [3.8, 4) is 0 Å². The van der Waals surface area contributed by atoms with E-state index >= 15 is 0 Å². The van der Waals surface area contributed by atoms with E-state index in [0.717, 1.165) is 18.7 Å². The highest BCUT2D eigenvalue weighted by Crippen LogP contribution is 2.29. The van der Waals surface area contributed by atoms with E-state index < -0.39 is 0 Å². The summed E-state index contributed by atoms with van der Waals surface area (Å²) in [6.07, 6.45) is 4.96. The van der Waals surface area contributed by atoms with Crippen LogP contribution in [-0.4, -0.2) is 16.0 Å². The second-order valence-corrected chi connectivity index (χ2v) is 5.17. The molecule has 0 aliphatic carbocycles. The minimum Gasteiger partial charge on any atom is -0.271 e. The van der Waals surface area contributed by atoms with Crippen LogP contribution in [0.15, 0.2) is 41.4 Å². The van der Waals surface area contributed by atoms with Crippen LogP contribution in [0, 0.1) is 0 Å². The van der Waals surface area contributed by atoms with Gasteiger partial charge in [-0.3, -0.25) is 10.5 Å². The average Bonchev–Trinajstić information content (AvgIpc) is 2.89. The van der Waals surface area contributed by atoms with Gasteiger partial charge in [0.2, 0.25) is 0 Å². The van der Waals surface area contributed by atoms with Crippen molar-refractivity contribution in [2.24, 2.45) is 5.84 Å². The lowest BCUT2D eigenvalue weighted by Gasteiger charge is -2.20. The normalized spacial score (nSPS) is 12.6. The summed E-state index contributed by atoms with van der Waals surface area (Å²) < 4.78 is 2.02. The van der Waals surface area contributed by atoms with Crippen LogP contribution in [0.1, 0.15) is 30.6 Å². The van der Waals surface area contributed by atoms with Crippen LogP contribution >= 0.6 is 11.8 Å². The van der Waals surface area contributed by atoms with E-state index in [2.05, 4.69) is 35.8 Å². The molecule has 102 valence electrons. The molecule has 0 amide bonds. The van der Waals surface area contributed by atoms with Crippen LogP contribution in [0.2, 0.25) is 0 Å². The minimum atomic E-state index is -0.0299. The lowest BCUT2D eigenvalue weighted by molar-refractivity contribution is 0.517. The molecule has 4 nitrogen and oxygen atoms in total. The van der Waals surface area contributed by atoms with Crippen molar-refractivity contribution in [2.45, 2.75) is 30.8 Å². The van der Waals surface area contributed by atoms with Gasteiger partial charge >= 0.3 is 0 Å². The number of nitrogens with two attached hydrogens (primary N) is 1. The maximum absolute atomic E-state index is 5.78. The zero-order valence-electron chi connectivity index (χ0n) is 11.3. The Kier molecular flexibility index (Phi) is 5.01. The molecule has 0 radical (unpaired) electrons. The van der Waals surface area contributed by atoms with Gasteiger partial charge in [0, 0.05) is 17.6 Å². The third-order valence-corrected chi connectivity index (χ3v) is 3.91. The molecule has 0 saturated heterocycles. The number of rotatable bonds is 6. The van der Waals surface area contributed by atoms with Gasteiger partial charge < -0.3 is 0 Å². The topological polar surface area (TPSA) is 55.9 Å². The van der Waals surface area contributed by atoms with E-state index in [9.17, 15) is 0 Å². The number of nitrogens with one attached hydrogen (secondary N) is 1. The van der Waals surface area contributed by atoms with Crippen molar-refractivity contribution in [3.05, 3.63) is 47.8 Å². The molecule has 0 aliphatic rings. The number of nitrogens with zero attached hydrogens (tertiary/aromatic N) is 2. The predicted octanol–water partition coefficient (Wildman–Crippen LogP) is 2.57. The molecule has 2 aromatic rings. The van der Waals surface area contributed by atoms with E-state index in [1.54, 1.807) is 11.8 Å². The van der Waals surface area contributed by atoms with Crippen molar-refractivity contribution >= 4 is 11.8 Å². The molecule has 1 aromatic heterocycles. The van der Waals surface area contributed by atoms with Gasteiger partial charge in [-0.2, -0.15) is 5.10 Å². The Hall–Kier alpha value is -1.30. The maximum Gasteiger partial charge on any atom is 0.0889 e. The van der Waals surface area contributed by atoms with Crippen LogP contribution in [-0.2, 0) is 6.54 Å². The first-order valence-electron chi connectivity index (χ1n) is 6.42. The summed E-state index contributed by atoms with van der Waals surface area (Å²) in [5.41, 5.74) is 5.21. The van der Waals surface area contributed by atoms with Crippen LogP contribution in [0.5, 0.6) is 0 Å². The van der Waals surface area contributed by atoms with Gasteiger partial charge in [-0.15, -0.1) is 11.8 Å². The highest BCUT2D eigenvalue weighted by atomic mass is 32.2. The lowest BCUT2D eigenvalue weighted by atomic mass is 10.0. The summed E-state index contributed by atoms with van der Waals surface area (Å²) in [5.74, 6) is 5.78. The molecule has 1 unspecified atom stereocenters. The smallest absolute Gasteiger partial charge is 0.0889 e. The second-order valence-electron chi connectivity index (χ2n) is 4.32. The fourth-order valence-electron chi connectivity index (χ4n) is 2.23. The quantitative estimate of drug-likeness (QED) is 0.484. The van der Waals surface area contributed by atoms with Gasteiger partial charge in [0.15, 0.2) is 0 Å². The Morgan fingerprint density at radius 2 is 2.16 bits per heavy atom. The summed E-state index contributed by atoms with van der Waals surface area (Å²) in [7, 11) is 0. The number of benzene rings is 1. The molecule has 0 spiro atoms. The fraction of sp³-hybridized carbons (Fsp3) is 0.357. The minimum absolute atomic E-state index is 0.0299. The van der Waals surface area contributed by atoms with Crippen molar-refractivity contribution < 1.29 is 0 Å². The molecular weight excluding hydrogens is 256 g/mol. The molecule has 0 saturated carbocycles. The SMILES string of the molecule is CCCn1nccc1C(NN)c1ccccc1SC. The number of hydrogen-bond donors (Lipinski definition) is 2. The van der Waals surface area contributed by atoms with Crippen LogP contribution < -0.4 is 11.3 Å². The first-order chi connectivity index (χ1) is 9.31. The first-order valence-corrected chi connectivity index (χ1v) is 7.65. The van der Waals surface area contributed by atoms with Crippen LogP contribution in [0.4, 0.5) is 0 Å². The molecule has 5 heteroatoms. The Morgan fingerprint density at radius 3 is 2.84 bits per heavy atom. The first kappa shape index (κ1) is 14.1. The van der Waals surface area contributed by atoms with E-state index in [4.69, 9.17) is 5.84 Å². The van der Waals surface area contributed by atoms with E-state index in [0.29, 0.717) is 0 Å². The molecule has 0 bridgehead atoms. The molecule has 1 heterocycles. The van der Waals surface area contributed by atoms with E-state index in [1.807, 2.05) is 29.1 Å². The maximum atomic E-state index is 5.78. The third kappa shape index (κ3) is 3.00. The highest BCUT2D eigenvalue weighted by molar-refractivity contribution is 7.98. The highest BCUT2D eigenvalue weighted by Gasteiger charge is 2.19. The van der Waals surface area contributed by atoms with Gasteiger partial charge in [-0.1, -0.05) is 25.1 Å². The largest absolute Gasteiger partial charge is 0.271 e. The molecule has 0 aliphatic heterocycles. The third-order valence-electron chi connectivity index (χ3n) is 3.10. The molecular formula is C14H20N4S. The van der Waals surface area contributed by atoms with Gasteiger partial charge in [-0.25, -0.2) is 5.43 Å². The standard InChI is InChI=1S/C14H20N4S/c1-3-10-18-12(8-9-16-18)14(17-15)11-6-4-5-7-13(11)19-2/h4-9,14,17H,3,10,15H2,1-2H3. The number of aryl methyl sites for hydroxylation is 1. The molecule has 1 aromatic carbocycles. The van der Waals surface area contributed by atoms with Crippen LogP contribution in [0.25, 0.3) is 0 Å². The van der Waals surface area contributed by atoms with Gasteiger partial charge in [-0.05, 0) is 30.4 Å². The summed E-state index contributed by atoms with van der Waals surface area (Å²) in [6.45, 7) is 3.05. The lowest BCUT2D eigenvalue weighted by Crippen LogP contribution is -2.31. The molecule has 0 fully saturated rings. The summed E-state index contributed by atoms with van der Waals surface area (Å²) >= 11 is 1.73. The van der Waals surface area contributed by atoms with Gasteiger partial charge in [0.1, 0.15) is 0 Å². The van der Waals surface area contributed by atoms with E-state index in [1.165, 1.54) is 10.5 Å². The van der Waals surface area contributed by atoms with Crippen LogP contribution in [0.3, 0.4) is 0 Å². The summed E-state index contributed by atoms with van der Waals surface area (Å²) in [5, 5.41) is 4.37. The van der Waals surface area contributed by atoms with Crippen molar-refractivity contribution in [1.29, 1.82) is 0 Å². The molecule has 2 rings (SSSR count). The Balaban J connectivity index is 2.41. The number of aromatic nitrogens is 2. The van der Waals surface area contributed by atoms with Crippen molar-refractivity contribution in [1.82, 2.24) is 15.2 Å². The Morgan fingerprint density at radius 1 is 1.37 bits per heavy atom. The number of hydrogen-bond acceptors (Lipinski definition) is 4. The zero-order valence-corrected chi connectivity index (χ0v) is 12.2. The average molecular weight is 276 g/mol. The summed E-state index contributed by atoms with van der Waals surface area (Å²) in [6, 6.07) is 10.3.